The van der Waals surface area contributed by atoms with Gasteiger partial charge in [-0.1, -0.05) is 0 Å². The predicted molar refractivity (Wildman–Crippen MR) is 16.9 cm³/mol. The first-order chi connectivity index (χ1) is 1.41. The zero-order chi connectivity index (χ0) is 2.71. The molecule has 0 aliphatic carbocycles. The van der Waals surface area contributed by atoms with E-state index in [-0.39, 0.29) is 16.4 Å². The van der Waals surface area contributed by atoms with Gasteiger partial charge < -0.3 is 10.7 Å². The molecule has 0 saturated carbocycles. The van der Waals surface area contributed by atoms with Gasteiger partial charge in [0.1, 0.15) is 0 Å². The van der Waals surface area contributed by atoms with Gasteiger partial charge in [0, 0.05) is 11.0 Å². The van der Waals surface area contributed by atoms with Gasteiger partial charge in [-0.3, -0.25) is 0 Å². The Morgan fingerprint density at radius 1 is 1.60 bits per heavy atom. The highest BCUT2D eigenvalue weighted by Crippen LogP contribution is 1.25. The summed E-state index contributed by atoms with van der Waals surface area (Å²) in [5, 5.41) is 7.89. The average molecular weight is 93.1 g/mol. The Hall–Kier alpha value is -0.423. The van der Waals surface area contributed by atoms with E-state index in [4.69, 9.17) is 10.1 Å². The van der Waals surface area contributed by atoms with Gasteiger partial charge in [0.2, 0.25) is 0 Å². The minimum atomic E-state index is 0. The molecule has 4 nitrogen and oxygen atoms in total. The van der Waals surface area contributed by atoms with Crippen molar-refractivity contribution in [1.82, 2.24) is 0 Å². The van der Waals surface area contributed by atoms with Crippen LogP contribution >= 0.6 is 0 Å². The van der Waals surface area contributed by atoms with Crippen LogP contribution < -0.4 is 0 Å². The van der Waals surface area contributed by atoms with Crippen LogP contribution in [0.1, 0.15) is 0 Å². The SMILES string of the molecule is O.O=NO.[Si]. The maximum Gasteiger partial charge on any atom is 0.152 e. The fourth-order valence-electron chi connectivity index (χ4n) is 0. The normalized spacial score (nSPS) is 2.40. The van der Waals surface area contributed by atoms with Crippen LogP contribution in [0.3, 0.4) is 0 Å². The van der Waals surface area contributed by atoms with Crippen LogP contribution in [0, 0.1) is 4.91 Å². The Balaban J connectivity index is -0.0000000200. The van der Waals surface area contributed by atoms with Gasteiger partial charge in [-0.25, -0.2) is 0 Å². The number of hydrogen-bond acceptors (Lipinski definition) is 2. The lowest BCUT2D eigenvalue weighted by Gasteiger charge is -1.32. The molecule has 0 spiro atoms. The molecule has 4 radical (unpaired) electrons. The van der Waals surface area contributed by atoms with Crippen molar-refractivity contribution in [1.29, 1.82) is 0 Å². The first-order valence-electron chi connectivity index (χ1n) is 0.383. The van der Waals surface area contributed by atoms with Gasteiger partial charge in [-0.2, -0.15) is 0 Å². The summed E-state index contributed by atoms with van der Waals surface area (Å²) in [6.07, 6.45) is 0. The largest absolute Gasteiger partial charge is 0.412 e. The fraction of sp³-hybridized carbons (Fsp3) is 0. The monoisotopic (exact) mass is 93.0 g/mol. The summed E-state index contributed by atoms with van der Waals surface area (Å²) >= 11 is 0. The molecule has 0 bridgehead atoms. The third kappa shape index (κ3) is 49.7. The highest BCUT2D eigenvalue weighted by molar-refractivity contribution is 5.75. The van der Waals surface area contributed by atoms with Crippen LogP contribution in [0.25, 0.3) is 0 Å². The van der Waals surface area contributed by atoms with E-state index < -0.39 is 0 Å². The van der Waals surface area contributed by atoms with Crippen molar-refractivity contribution in [3.05, 3.63) is 4.91 Å². The molecule has 0 aliphatic heterocycles. The van der Waals surface area contributed by atoms with E-state index in [9.17, 15) is 0 Å². The van der Waals surface area contributed by atoms with Crippen LogP contribution in [0.15, 0.2) is 5.34 Å². The van der Waals surface area contributed by atoms with Crippen LogP contribution in [0.2, 0.25) is 0 Å². The molecule has 0 rings (SSSR count). The van der Waals surface area contributed by atoms with Crippen molar-refractivity contribution in [2.24, 2.45) is 5.34 Å². The second-order valence-electron chi connectivity index (χ2n) is 0.0816. The third-order valence-electron chi connectivity index (χ3n) is 0. The van der Waals surface area contributed by atoms with E-state index in [1.165, 1.54) is 5.34 Å². The van der Waals surface area contributed by atoms with Crippen molar-refractivity contribution in [3.63, 3.8) is 0 Å². The lowest BCUT2D eigenvalue weighted by Crippen LogP contribution is -1.25. The van der Waals surface area contributed by atoms with Crippen molar-refractivity contribution >= 4 is 11.0 Å². The molecule has 5 heteroatoms. The average Bonchev–Trinajstić information content (AvgIpc) is 0.918. The van der Waals surface area contributed by atoms with Crippen molar-refractivity contribution in [2.45, 2.75) is 0 Å². The quantitative estimate of drug-likeness (QED) is 0.235. The molecule has 0 fully saturated rings. The molecule has 0 saturated heterocycles. The smallest absolute Gasteiger partial charge is 0.152 e. The Labute approximate surface area is 33.1 Å². The first-order valence-corrected chi connectivity index (χ1v) is 0.383. The predicted octanol–water partition coefficient (Wildman–Crippen LogP) is -1.06. The van der Waals surface area contributed by atoms with Gasteiger partial charge >= 0.3 is 0 Å². The summed E-state index contributed by atoms with van der Waals surface area (Å²) < 4.78 is 0. The van der Waals surface area contributed by atoms with Gasteiger partial charge in [0.15, 0.2) is 5.34 Å². The zero-order valence-corrected chi connectivity index (χ0v) is 3.30. The topological polar surface area (TPSA) is 81.2 Å². The molecule has 0 aliphatic rings. The molecule has 0 amide bonds. The molecule has 5 heavy (non-hydrogen) atoms. The van der Waals surface area contributed by atoms with E-state index in [0.29, 0.717) is 0 Å². The fourth-order valence-corrected chi connectivity index (χ4v) is 0. The second-order valence-corrected chi connectivity index (χ2v) is 0.0816. The molecule has 0 aromatic rings. The Morgan fingerprint density at radius 2 is 1.60 bits per heavy atom. The van der Waals surface area contributed by atoms with E-state index in [1.54, 1.807) is 0 Å². The Bertz CT molecular complexity index is 14.4. The minimum Gasteiger partial charge on any atom is -0.412 e. The van der Waals surface area contributed by atoms with Gasteiger partial charge in [0.05, 0.1) is 0 Å². The Kier molecular flexibility index (Phi) is 336. The van der Waals surface area contributed by atoms with Crippen LogP contribution in [-0.2, 0) is 0 Å². The number of rotatable bonds is 0. The first kappa shape index (κ1) is 23.5. The highest BCUT2D eigenvalue weighted by atomic mass is 28.1. The maximum atomic E-state index is 8.11. The molecular weight excluding hydrogens is 90.1 g/mol. The van der Waals surface area contributed by atoms with Gasteiger partial charge in [-0.05, 0) is 0 Å². The third-order valence-corrected chi connectivity index (χ3v) is 0. The summed E-state index contributed by atoms with van der Waals surface area (Å²) in [5.74, 6) is 0. The second kappa shape index (κ2) is 71.4. The zero-order valence-electron chi connectivity index (χ0n) is 2.30. The van der Waals surface area contributed by atoms with Crippen molar-refractivity contribution < 1.29 is 10.7 Å². The van der Waals surface area contributed by atoms with Crippen molar-refractivity contribution in [3.8, 4) is 0 Å². The molecule has 0 unspecified atom stereocenters. The standard InChI is InChI=1S/HNO2.H2O.Si/c2-1-3;;/h(H,2,3);1H2;. The Morgan fingerprint density at radius 3 is 1.60 bits per heavy atom. The summed E-state index contributed by atoms with van der Waals surface area (Å²) in [6.45, 7) is 0. The summed E-state index contributed by atoms with van der Waals surface area (Å²) in [7, 11) is 0. The highest BCUT2D eigenvalue weighted by Gasteiger charge is 1.18. The lowest BCUT2D eigenvalue weighted by molar-refractivity contribution is 0.312. The van der Waals surface area contributed by atoms with Gasteiger partial charge in [0.25, 0.3) is 0 Å². The molecule has 30 valence electrons. The van der Waals surface area contributed by atoms with Crippen molar-refractivity contribution in [2.75, 3.05) is 0 Å². The van der Waals surface area contributed by atoms with E-state index in [1.807, 2.05) is 0 Å². The van der Waals surface area contributed by atoms with Gasteiger partial charge in [-0.15, -0.1) is 4.91 Å². The van der Waals surface area contributed by atoms with Crippen LogP contribution in [0.5, 0.6) is 0 Å². The molecule has 0 aromatic heterocycles. The maximum absolute atomic E-state index is 8.11. The summed E-state index contributed by atoms with van der Waals surface area (Å²) in [6, 6.07) is 0. The molecule has 0 heterocycles. The number of hydrogen-bond donors (Lipinski definition) is 1. The van der Waals surface area contributed by atoms with Crippen LogP contribution in [-0.4, -0.2) is 21.6 Å². The molecular formula is H3NO3Si. The van der Waals surface area contributed by atoms with E-state index in [2.05, 4.69) is 0 Å². The molecule has 0 aromatic carbocycles. The van der Waals surface area contributed by atoms with E-state index in [0.717, 1.165) is 0 Å². The number of nitrogens with zero attached hydrogens (tertiary/aromatic N) is 1. The lowest BCUT2D eigenvalue weighted by atomic mass is 13.4. The summed E-state index contributed by atoms with van der Waals surface area (Å²) in [4.78, 5) is 8.11. The molecule has 0 atom stereocenters. The van der Waals surface area contributed by atoms with Crippen LogP contribution in [0.4, 0.5) is 0 Å². The summed E-state index contributed by atoms with van der Waals surface area (Å²) in [5.41, 5.74) is 0. The minimum absolute atomic E-state index is 0. The van der Waals surface area contributed by atoms with E-state index >= 15 is 0 Å². The molecule has 3 N–H and O–H groups in total.